The van der Waals surface area contributed by atoms with Gasteiger partial charge in [0.2, 0.25) is 0 Å². The van der Waals surface area contributed by atoms with E-state index in [1.54, 1.807) is 19.1 Å². The van der Waals surface area contributed by atoms with Crippen molar-refractivity contribution in [3.05, 3.63) is 29.8 Å². The van der Waals surface area contributed by atoms with Gasteiger partial charge in [0.25, 0.3) is 0 Å². The number of piperidine rings is 1. The van der Waals surface area contributed by atoms with Gasteiger partial charge in [-0.25, -0.2) is 4.79 Å². The molecule has 1 aromatic rings. The summed E-state index contributed by atoms with van der Waals surface area (Å²) in [6.07, 6.45) is -1.64. The highest BCUT2D eigenvalue weighted by Crippen LogP contribution is 2.24. The Bertz CT molecular complexity index is 482. The smallest absolute Gasteiger partial charge is 0.338 e. The molecule has 0 aliphatic carbocycles. The summed E-state index contributed by atoms with van der Waals surface area (Å²) in [5.74, 6) is -0.830. The van der Waals surface area contributed by atoms with Crippen LogP contribution in [0.25, 0.3) is 0 Å². The second-order valence-electron chi connectivity index (χ2n) is 5.45. The SMILES string of the molecule is CCOC(=O)C(O)C(O)c1ccc(N2CCC(O)CC2)cc1. The van der Waals surface area contributed by atoms with Crippen LogP contribution in [0.3, 0.4) is 0 Å². The third kappa shape index (κ3) is 3.97. The molecule has 2 atom stereocenters. The highest BCUT2D eigenvalue weighted by atomic mass is 16.5. The molecule has 1 aliphatic rings. The lowest BCUT2D eigenvalue weighted by molar-refractivity contribution is -0.159. The predicted octanol–water partition coefficient (Wildman–Crippen LogP) is 0.605. The van der Waals surface area contributed by atoms with E-state index in [0.717, 1.165) is 31.6 Å². The monoisotopic (exact) mass is 309 g/mol. The lowest BCUT2D eigenvalue weighted by atomic mass is 10.0. The predicted molar refractivity (Wildman–Crippen MR) is 81.5 cm³/mol. The summed E-state index contributed by atoms with van der Waals surface area (Å²) in [7, 11) is 0. The maximum atomic E-state index is 11.4. The maximum absolute atomic E-state index is 11.4. The van der Waals surface area contributed by atoms with Crippen molar-refractivity contribution in [1.29, 1.82) is 0 Å². The summed E-state index contributed by atoms with van der Waals surface area (Å²) < 4.78 is 4.69. The van der Waals surface area contributed by atoms with Crippen LogP contribution in [0, 0.1) is 0 Å². The second kappa shape index (κ2) is 7.58. The normalized spacial score (nSPS) is 18.8. The van der Waals surface area contributed by atoms with E-state index < -0.39 is 18.2 Å². The number of nitrogens with zero attached hydrogens (tertiary/aromatic N) is 1. The second-order valence-corrected chi connectivity index (χ2v) is 5.45. The van der Waals surface area contributed by atoms with E-state index in [4.69, 9.17) is 4.74 Å². The van der Waals surface area contributed by atoms with E-state index in [-0.39, 0.29) is 12.7 Å². The van der Waals surface area contributed by atoms with Crippen molar-refractivity contribution in [3.63, 3.8) is 0 Å². The standard InChI is InChI=1S/C16H23NO5/c1-2-22-16(21)15(20)14(19)11-3-5-12(6-4-11)17-9-7-13(18)8-10-17/h3-6,13-15,18-20H,2,7-10H2,1H3. The molecule has 0 radical (unpaired) electrons. The number of hydrogen-bond donors (Lipinski definition) is 3. The van der Waals surface area contributed by atoms with Crippen LogP contribution in [0.1, 0.15) is 31.4 Å². The molecule has 0 bridgehead atoms. The minimum absolute atomic E-state index is 0.155. The molecule has 22 heavy (non-hydrogen) atoms. The topological polar surface area (TPSA) is 90.2 Å². The first-order valence-corrected chi connectivity index (χ1v) is 7.58. The van der Waals surface area contributed by atoms with Gasteiger partial charge < -0.3 is 25.0 Å². The summed E-state index contributed by atoms with van der Waals surface area (Å²) in [5, 5.41) is 29.3. The number of anilines is 1. The number of rotatable bonds is 5. The Labute approximate surface area is 129 Å². The number of carbonyl (C=O) groups is 1. The molecule has 2 unspecified atom stereocenters. The van der Waals surface area contributed by atoms with E-state index in [9.17, 15) is 20.1 Å². The van der Waals surface area contributed by atoms with Crippen molar-refractivity contribution in [2.45, 2.75) is 38.1 Å². The summed E-state index contributed by atoms with van der Waals surface area (Å²) in [5.41, 5.74) is 1.45. The summed E-state index contributed by atoms with van der Waals surface area (Å²) in [6.45, 7) is 3.37. The first-order chi connectivity index (χ1) is 10.5. The van der Waals surface area contributed by atoms with Crippen LogP contribution in [-0.2, 0) is 9.53 Å². The van der Waals surface area contributed by atoms with Gasteiger partial charge in [0.15, 0.2) is 6.10 Å². The minimum atomic E-state index is -1.59. The largest absolute Gasteiger partial charge is 0.464 e. The Morgan fingerprint density at radius 3 is 2.41 bits per heavy atom. The fraction of sp³-hybridized carbons (Fsp3) is 0.562. The summed E-state index contributed by atoms with van der Waals surface area (Å²) in [6, 6.07) is 7.06. The average Bonchev–Trinajstić information content (AvgIpc) is 2.54. The summed E-state index contributed by atoms with van der Waals surface area (Å²) in [4.78, 5) is 13.6. The van der Waals surface area contributed by atoms with Crippen molar-refractivity contribution in [3.8, 4) is 0 Å². The molecule has 1 heterocycles. The van der Waals surface area contributed by atoms with Crippen molar-refractivity contribution in [2.24, 2.45) is 0 Å². The first kappa shape index (κ1) is 16.7. The van der Waals surface area contributed by atoms with Gasteiger partial charge in [0.05, 0.1) is 12.7 Å². The molecule has 122 valence electrons. The Morgan fingerprint density at radius 2 is 1.86 bits per heavy atom. The molecule has 1 saturated heterocycles. The van der Waals surface area contributed by atoms with Crippen LogP contribution in [0.5, 0.6) is 0 Å². The van der Waals surface area contributed by atoms with Gasteiger partial charge in [0, 0.05) is 18.8 Å². The van der Waals surface area contributed by atoms with Crippen molar-refractivity contribution < 1.29 is 24.9 Å². The van der Waals surface area contributed by atoms with E-state index >= 15 is 0 Å². The molecule has 1 aromatic carbocycles. The Morgan fingerprint density at radius 1 is 1.27 bits per heavy atom. The van der Waals surface area contributed by atoms with Gasteiger partial charge in [-0.15, -0.1) is 0 Å². The molecular formula is C16H23NO5. The number of esters is 1. The Kier molecular flexibility index (Phi) is 5.76. The zero-order valence-electron chi connectivity index (χ0n) is 12.7. The fourth-order valence-corrected chi connectivity index (χ4v) is 2.55. The number of aliphatic hydroxyl groups excluding tert-OH is 3. The first-order valence-electron chi connectivity index (χ1n) is 7.58. The highest BCUT2D eigenvalue weighted by molar-refractivity contribution is 5.75. The van der Waals surface area contributed by atoms with Gasteiger partial charge in [0.1, 0.15) is 6.10 Å². The van der Waals surface area contributed by atoms with Gasteiger partial charge >= 0.3 is 5.97 Å². The number of aliphatic hydroxyl groups is 3. The molecule has 6 heteroatoms. The van der Waals surface area contributed by atoms with E-state index in [1.807, 2.05) is 12.1 Å². The molecule has 3 N–H and O–H groups in total. The number of ether oxygens (including phenoxy) is 1. The molecule has 6 nitrogen and oxygen atoms in total. The molecule has 0 amide bonds. The van der Waals surface area contributed by atoms with Gasteiger partial charge in [-0.1, -0.05) is 12.1 Å². The zero-order valence-corrected chi connectivity index (χ0v) is 12.7. The summed E-state index contributed by atoms with van der Waals surface area (Å²) >= 11 is 0. The third-order valence-corrected chi connectivity index (χ3v) is 3.89. The lowest BCUT2D eigenvalue weighted by Gasteiger charge is -2.31. The highest BCUT2D eigenvalue weighted by Gasteiger charge is 2.27. The van der Waals surface area contributed by atoms with Crippen LogP contribution in [0.4, 0.5) is 5.69 Å². The number of carbonyl (C=O) groups excluding carboxylic acids is 1. The van der Waals surface area contributed by atoms with Gasteiger partial charge in [-0.05, 0) is 37.5 Å². The van der Waals surface area contributed by atoms with Crippen LogP contribution in [-0.4, -0.2) is 53.2 Å². The van der Waals surface area contributed by atoms with Crippen LogP contribution in [0.15, 0.2) is 24.3 Å². The van der Waals surface area contributed by atoms with Gasteiger partial charge in [-0.2, -0.15) is 0 Å². The molecule has 2 rings (SSSR count). The molecule has 0 aromatic heterocycles. The molecule has 0 spiro atoms. The van der Waals surface area contributed by atoms with Crippen LogP contribution < -0.4 is 4.90 Å². The minimum Gasteiger partial charge on any atom is -0.464 e. The molecule has 0 saturated carbocycles. The van der Waals surface area contributed by atoms with Crippen LogP contribution >= 0.6 is 0 Å². The van der Waals surface area contributed by atoms with Crippen molar-refractivity contribution in [2.75, 3.05) is 24.6 Å². The van der Waals surface area contributed by atoms with Crippen molar-refractivity contribution in [1.82, 2.24) is 0 Å². The molecule has 1 fully saturated rings. The maximum Gasteiger partial charge on any atom is 0.338 e. The fourth-order valence-electron chi connectivity index (χ4n) is 2.55. The van der Waals surface area contributed by atoms with E-state index in [1.165, 1.54) is 0 Å². The van der Waals surface area contributed by atoms with Crippen LogP contribution in [0.2, 0.25) is 0 Å². The van der Waals surface area contributed by atoms with Gasteiger partial charge in [-0.3, -0.25) is 0 Å². The third-order valence-electron chi connectivity index (χ3n) is 3.89. The quantitative estimate of drug-likeness (QED) is 0.690. The average molecular weight is 309 g/mol. The van der Waals surface area contributed by atoms with Crippen molar-refractivity contribution >= 4 is 11.7 Å². The molecular weight excluding hydrogens is 286 g/mol. The van der Waals surface area contributed by atoms with E-state index in [0.29, 0.717) is 5.56 Å². The number of hydrogen-bond acceptors (Lipinski definition) is 6. The van der Waals surface area contributed by atoms with E-state index in [2.05, 4.69) is 4.90 Å². The lowest BCUT2D eigenvalue weighted by Crippen LogP contribution is -2.35. The number of benzene rings is 1. The Balaban J connectivity index is 2.00. The Hall–Kier alpha value is -1.63. The molecule has 1 aliphatic heterocycles. The zero-order chi connectivity index (χ0) is 16.1.